The summed E-state index contributed by atoms with van der Waals surface area (Å²) in [7, 11) is -4.68. The van der Waals surface area contributed by atoms with E-state index in [-0.39, 0.29) is 17.1 Å². The van der Waals surface area contributed by atoms with Crippen LogP contribution in [0.3, 0.4) is 0 Å². The highest BCUT2D eigenvalue weighted by molar-refractivity contribution is 7.46. The molecule has 0 bridgehead atoms. The Morgan fingerprint density at radius 2 is 1.74 bits per heavy atom. The molecule has 0 fully saturated rings. The highest BCUT2D eigenvalue weighted by atomic mass is 31.2. The molecule has 0 spiro atoms. The van der Waals surface area contributed by atoms with Crippen molar-refractivity contribution in [3.63, 3.8) is 0 Å². The highest BCUT2D eigenvalue weighted by Gasteiger charge is 2.21. The molecule has 0 aliphatic heterocycles. The zero-order chi connectivity index (χ0) is 14.0. The van der Waals surface area contributed by atoms with Crippen LogP contribution in [0.2, 0.25) is 0 Å². The molecule has 5 nitrogen and oxygen atoms in total. The quantitative estimate of drug-likeness (QED) is 0.752. The van der Waals surface area contributed by atoms with Gasteiger partial charge in [-0.25, -0.2) is 4.57 Å². The summed E-state index contributed by atoms with van der Waals surface area (Å²) in [6.07, 6.45) is 0. The molecule has 2 rings (SSSR count). The second-order valence-electron chi connectivity index (χ2n) is 4.05. The van der Waals surface area contributed by atoms with E-state index in [9.17, 15) is 9.67 Å². The zero-order valence-electron chi connectivity index (χ0n) is 10.1. The number of hydrogen-bond donors (Lipinski definition) is 3. The van der Waals surface area contributed by atoms with Crippen molar-refractivity contribution >= 4 is 7.82 Å². The fraction of sp³-hybridized carbons (Fsp3) is 0.0769. The van der Waals surface area contributed by atoms with Gasteiger partial charge in [0.2, 0.25) is 0 Å². The smallest absolute Gasteiger partial charge is 0.507 e. The third-order valence-electron chi connectivity index (χ3n) is 2.64. The molecule has 6 heteroatoms. The van der Waals surface area contributed by atoms with Crippen LogP contribution in [0.4, 0.5) is 0 Å². The molecular formula is C13H13O5P. The van der Waals surface area contributed by atoms with E-state index in [1.165, 1.54) is 18.2 Å². The summed E-state index contributed by atoms with van der Waals surface area (Å²) in [5, 5.41) is 9.93. The van der Waals surface area contributed by atoms with Gasteiger partial charge >= 0.3 is 7.82 Å². The molecule has 3 N–H and O–H groups in total. The summed E-state index contributed by atoms with van der Waals surface area (Å²) in [5.74, 6) is -0.150. The Kier molecular flexibility index (Phi) is 3.62. The van der Waals surface area contributed by atoms with E-state index in [4.69, 9.17) is 9.79 Å². The second-order valence-corrected chi connectivity index (χ2v) is 5.21. The monoisotopic (exact) mass is 280 g/mol. The number of aryl methyl sites for hydroxylation is 1. The van der Waals surface area contributed by atoms with Crippen LogP contribution in [0.15, 0.2) is 42.5 Å². The predicted molar refractivity (Wildman–Crippen MR) is 71.0 cm³/mol. The lowest BCUT2D eigenvalue weighted by atomic mass is 9.99. The molecule has 100 valence electrons. The number of phosphoric ester groups is 1. The molecule has 2 aromatic carbocycles. The maximum absolute atomic E-state index is 11.0. The molecule has 0 aromatic heterocycles. The van der Waals surface area contributed by atoms with Crippen LogP contribution in [-0.4, -0.2) is 14.9 Å². The average Bonchev–Trinajstić information content (AvgIpc) is 2.29. The first-order valence-electron chi connectivity index (χ1n) is 5.51. The summed E-state index contributed by atoms with van der Waals surface area (Å²) in [6, 6.07) is 11.5. The molecule has 19 heavy (non-hydrogen) atoms. The van der Waals surface area contributed by atoms with E-state index in [2.05, 4.69) is 4.52 Å². The van der Waals surface area contributed by atoms with Crippen molar-refractivity contribution in [1.29, 1.82) is 0 Å². The van der Waals surface area contributed by atoms with Gasteiger partial charge in [-0.05, 0) is 30.2 Å². The number of hydrogen-bond acceptors (Lipinski definition) is 3. The first-order valence-corrected chi connectivity index (χ1v) is 7.04. The van der Waals surface area contributed by atoms with Gasteiger partial charge in [-0.2, -0.15) is 0 Å². The van der Waals surface area contributed by atoms with Crippen molar-refractivity contribution in [3.05, 3.63) is 48.0 Å². The van der Waals surface area contributed by atoms with Crippen molar-refractivity contribution in [2.75, 3.05) is 0 Å². The minimum Gasteiger partial charge on any atom is -0.507 e. The Balaban J connectivity index is 2.63. The molecule has 0 amide bonds. The van der Waals surface area contributed by atoms with Crippen LogP contribution in [0.1, 0.15) is 5.56 Å². The summed E-state index contributed by atoms with van der Waals surface area (Å²) in [5.41, 5.74) is 1.78. The fourth-order valence-electron chi connectivity index (χ4n) is 1.85. The van der Waals surface area contributed by atoms with Crippen LogP contribution in [0.25, 0.3) is 11.1 Å². The molecule has 0 atom stereocenters. The highest BCUT2D eigenvalue weighted by Crippen LogP contribution is 2.46. The summed E-state index contributed by atoms with van der Waals surface area (Å²) < 4.78 is 15.6. The van der Waals surface area contributed by atoms with Gasteiger partial charge in [-0.15, -0.1) is 0 Å². The molecule has 0 aliphatic rings. The molecule has 0 saturated heterocycles. The first kappa shape index (κ1) is 13.6. The molecule has 0 radical (unpaired) electrons. The first-order chi connectivity index (χ1) is 8.88. The Labute approximate surface area is 110 Å². The van der Waals surface area contributed by atoms with Crippen molar-refractivity contribution in [1.82, 2.24) is 0 Å². The third kappa shape index (κ3) is 3.15. The van der Waals surface area contributed by atoms with Crippen LogP contribution in [0, 0.1) is 6.92 Å². The van der Waals surface area contributed by atoms with Crippen molar-refractivity contribution < 1.29 is 24.0 Å². The van der Waals surface area contributed by atoms with E-state index in [1.807, 2.05) is 19.1 Å². The lowest BCUT2D eigenvalue weighted by Crippen LogP contribution is -1.94. The number of phenols is 1. The second kappa shape index (κ2) is 5.05. The summed E-state index contributed by atoms with van der Waals surface area (Å²) in [4.78, 5) is 17.8. The van der Waals surface area contributed by atoms with Crippen LogP contribution >= 0.6 is 7.82 Å². The van der Waals surface area contributed by atoms with Gasteiger partial charge in [-0.1, -0.05) is 30.3 Å². The summed E-state index contributed by atoms with van der Waals surface area (Å²) >= 11 is 0. The number of rotatable bonds is 3. The number of phosphoric acid groups is 1. The topological polar surface area (TPSA) is 87.0 Å². The van der Waals surface area contributed by atoms with E-state index in [0.29, 0.717) is 5.56 Å². The van der Waals surface area contributed by atoms with Gasteiger partial charge in [0.15, 0.2) is 0 Å². The Morgan fingerprint density at radius 1 is 1.05 bits per heavy atom. The van der Waals surface area contributed by atoms with Crippen molar-refractivity contribution in [2.45, 2.75) is 6.92 Å². The normalized spacial score (nSPS) is 11.3. The van der Waals surface area contributed by atoms with E-state index >= 15 is 0 Å². The maximum Gasteiger partial charge on any atom is 0.524 e. The Hall–Kier alpha value is -1.81. The van der Waals surface area contributed by atoms with E-state index in [0.717, 1.165) is 5.56 Å². The SMILES string of the molecule is Cc1ccccc1-c1c(O)cccc1OP(=O)(O)O. The Morgan fingerprint density at radius 3 is 2.37 bits per heavy atom. The molecular weight excluding hydrogens is 267 g/mol. The van der Waals surface area contributed by atoms with E-state index < -0.39 is 7.82 Å². The summed E-state index contributed by atoms with van der Waals surface area (Å²) in [6.45, 7) is 1.84. The average molecular weight is 280 g/mol. The van der Waals surface area contributed by atoms with Gasteiger partial charge < -0.3 is 9.63 Å². The van der Waals surface area contributed by atoms with Crippen LogP contribution in [-0.2, 0) is 4.57 Å². The van der Waals surface area contributed by atoms with Gasteiger partial charge in [0.1, 0.15) is 11.5 Å². The maximum atomic E-state index is 11.0. The minimum absolute atomic E-state index is 0.0531. The van der Waals surface area contributed by atoms with Crippen LogP contribution < -0.4 is 4.52 Å². The van der Waals surface area contributed by atoms with Gasteiger partial charge in [0.25, 0.3) is 0 Å². The number of aromatic hydroxyl groups is 1. The third-order valence-corrected chi connectivity index (χ3v) is 3.07. The molecule has 0 saturated carbocycles. The fourth-order valence-corrected chi connectivity index (χ4v) is 2.26. The Bertz CT molecular complexity index is 647. The largest absolute Gasteiger partial charge is 0.524 e. The van der Waals surface area contributed by atoms with E-state index in [1.54, 1.807) is 12.1 Å². The van der Waals surface area contributed by atoms with Crippen molar-refractivity contribution in [3.8, 4) is 22.6 Å². The number of phenolic OH excluding ortho intramolecular Hbond substituents is 1. The van der Waals surface area contributed by atoms with Gasteiger partial charge in [0.05, 0.1) is 5.56 Å². The molecule has 2 aromatic rings. The predicted octanol–water partition coefficient (Wildman–Crippen LogP) is 2.84. The number of benzene rings is 2. The standard InChI is InChI=1S/C13H13O5P/c1-9-5-2-3-6-10(9)13-11(14)7-4-8-12(13)18-19(15,16)17/h2-8,14H,1H3,(H2,15,16,17). The molecule has 0 heterocycles. The molecule has 0 aliphatic carbocycles. The lowest BCUT2D eigenvalue weighted by molar-refractivity contribution is 0.283. The van der Waals surface area contributed by atoms with Gasteiger partial charge in [-0.3, -0.25) is 9.79 Å². The van der Waals surface area contributed by atoms with Gasteiger partial charge in [0, 0.05) is 0 Å². The minimum atomic E-state index is -4.68. The lowest BCUT2D eigenvalue weighted by Gasteiger charge is -2.14. The molecule has 0 unspecified atom stereocenters. The zero-order valence-corrected chi connectivity index (χ0v) is 11.0. The van der Waals surface area contributed by atoms with Crippen LogP contribution in [0.5, 0.6) is 11.5 Å². The van der Waals surface area contributed by atoms with Crippen molar-refractivity contribution in [2.24, 2.45) is 0 Å².